The van der Waals surface area contributed by atoms with Gasteiger partial charge in [0.2, 0.25) is 5.91 Å². The fourth-order valence-electron chi connectivity index (χ4n) is 5.60. The summed E-state index contributed by atoms with van der Waals surface area (Å²) in [5.41, 5.74) is 5.76. The van der Waals surface area contributed by atoms with E-state index >= 15 is 0 Å². The van der Waals surface area contributed by atoms with Crippen molar-refractivity contribution in [2.24, 2.45) is 5.92 Å². The van der Waals surface area contributed by atoms with E-state index in [1.807, 2.05) is 82.3 Å². The van der Waals surface area contributed by atoms with Crippen LogP contribution in [0.3, 0.4) is 0 Å². The number of rotatable bonds is 15. The zero-order valence-corrected chi connectivity index (χ0v) is 25.3. The summed E-state index contributed by atoms with van der Waals surface area (Å²) in [6.45, 7) is 9.77. The van der Waals surface area contributed by atoms with Crippen molar-refractivity contribution in [1.29, 1.82) is 0 Å². The van der Waals surface area contributed by atoms with Gasteiger partial charge in [0.25, 0.3) is 0 Å². The molecular formula is C35H44N2O5. The second-order valence-electron chi connectivity index (χ2n) is 11.0. The largest absolute Gasteiger partial charge is 0.449 e. The van der Waals surface area contributed by atoms with E-state index in [0.29, 0.717) is 32.6 Å². The van der Waals surface area contributed by atoms with Gasteiger partial charge >= 0.3 is 6.09 Å². The number of fused-ring (bicyclic) bond motifs is 3. The van der Waals surface area contributed by atoms with Crippen molar-refractivity contribution in [2.75, 3.05) is 32.9 Å². The third-order valence-electron chi connectivity index (χ3n) is 7.54. The zero-order chi connectivity index (χ0) is 29.9. The fourth-order valence-corrected chi connectivity index (χ4v) is 5.60. The van der Waals surface area contributed by atoms with Gasteiger partial charge in [0.05, 0.1) is 6.54 Å². The second-order valence-corrected chi connectivity index (χ2v) is 11.0. The molecule has 0 saturated heterocycles. The third kappa shape index (κ3) is 8.20. The summed E-state index contributed by atoms with van der Waals surface area (Å²) in [5, 5.41) is 2.90. The Labute approximate surface area is 250 Å². The zero-order valence-electron chi connectivity index (χ0n) is 25.3. The van der Waals surface area contributed by atoms with E-state index in [2.05, 4.69) is 29.6 Å². The van der Waals surface area contributed by atoms with Crippen LogP contribution >= 0.6 is 0 Å². The first-order valence-electron chi connectivity index (χ1n) is 15.1. The van der Waals surface area contributed by atoms with Crippen molar-refractivity contribution in [3.8, 4) is 11.1 Å². The molecule has 1 atom stereocenters. The minimum Gasteiger partial charge on any atom is -0.449 e. The van der Waals surface area contributed by atoms with E-state index < -0.39 is 18.4 Å². The molecule has 4 rings (SSSR count). The van der Waals surface area contributed by atoms with Gasteiger partial charge in [-0.15, -0.1) is 0 Å². The molecule has 42 heavy (non-hydrogen) atoms. The van der Waals surface area contributed by atoms with Gasteiger partial charge in [0, 0.05) is 25.7 Å². The number of nitrogens with zero attached hydrogens (tertiary/aromatic N) is 1. The van der Waals surface area contributed by atoms with Gasteiger partial charge < -0.3 is 24.4 Å². The Morgan fingerprint density at radius 2 is 1.40 bits per heavy atom. The lowest BCUT2D eigenvalue weighted by molar-refractivity contribution is -0.160. The quantitative estimate of drug-likeness (QED) is 0.213. The topological polar surface area (TPSA) is 77.1 Å². The van der Waals surface area contributed by atoms with Crippen LogP contribution in [0.15, 0.2) is 78.9 Å². The van der Waals surface area contributed by atoms with Crippen molar-refractivity contribution in [3.63, 3.8) is 0 Å². The van der Waals surface area contributed by atoms with Crippen LogP contribution in [0.25, 0.3) is 11.1 Å². The van der Waals surface area contributed by atoms with E-state index in [1.165, 1.54) is 11.1 Å². The van der Waals surface area contributed by atoms with E-state index in [4.69, 9.17) is 14.2 Å². The molecule has 0 spiro atoms. The highest BCUT2D eigenvalue weighted by molar-refractivity contribution is 5.86. The maximum Gasteiger partial charge on any atom is 0.407 e. The van der Waals surface area contributed by atoms with Crippen molar-refractivity contribution in [2.45, 2.75) is 58.8 Å². The molecular weight excluding hydrogens is 528 g/mol. The summed E-state index contributed by atoms with van der Waals surface area (Å²) in [4.78, 5) is 29.0. The third-order valence-corrected chi connectivity index (χ3v) is 7.54. The molecule has 1 N–H and O–H groups in total. The highest BCUT2D eigenvalue weighted by Gasteiger charge is 2.32. The molecule has 0 aliphatic heterocycles. The molecule has 2 amide bonds. The number of carbonyl (C=O) groups excluding carboxylic acids is 2. The van der Waals surface area contributed by atoms with Crippen LogP contribution in [-0.4, -0.2) is 62.1 Å². The molecule has 7 nitrogen and oxygen atoms in total. The van der Waals surface area contributed by atoms with Crippen LogP contribution in [0.4, 0.5) is 4.79 Å². The summed E-state index contributed by atoms with van der Waals surface area (Å²) < 4.78 is 17.4. The number of alkyl carbamates (subject to hydrolysis) is 1. The number of benzene rings is 3. The first-order valence-corrected chi connectivity index (χ1v) is 15.1. The molecule has 1 aliphatic carbocycles. The molecule has 3 aromatic rings. The van der Waals surface area contributed by atoms with Gasteiger partial charge in [-0.1, -0.05) is 92.7 Å². The van der Waals surface area contributed by atoms with Crippen LogP contribution in [0.5, 0.6) is 0 Å². The Balaban J connectivity index is 1.46. The van der Waals surface area contributed by atoms with Crippen LogP contribution in [0.2, 0.25) is 0 Å². The number of hydrogen-bond acceptors (Lipinski definition) is 5. The predicted octanol–water partition coefficient (Wildman–Crippen LogP) is 6.41. The molecule has 0 radical (unpaired) electrons. The van der Waals surface area contributed by atoms with Crippen molar-refractivity contribution >= 4 is 12.0 Å². The number of carbonyl (C=O) groups is 2. The molecule has 0 heterocycles. The standard InChI is InChI=1S/C35H44N2O5/c1-5-40-33(41-6-2)23-37(21-20-26-14-8-7-9-15-26)34(38)32(22-25(3)4)36-35(39)42-24-31-29-18-12-10-16-27(29)28-17-11-13-19-30(28)31/h7-19,25,31-33H,5-6,20-24H2,1-4H3,(H,36,39). The molecule has 3 aromatic carbocycles. The molecule has 0 aromatic heterocycles. The minimum absolute atomic E-state index is 0.0529. The number of hydrogen-bond donors (Lipinski definition) is 1. The molecule has 224 valence electrons. The number of ether oxygens (including phenoxy) is 3. The maximum absolute atomic E-state index is 14.0. The molecule has 1 unspecified atom stereocenters. The molecule has 1 aliphatic rings. The fraction of sp³-hybridized carbons (Fsp3) is 0.429. The van der Waals surface area contributed by atoms with Gasteiger partial charge in [0.1, 0.15) is 12.6 Å². The average molecular weight is 573 g/mol. The lowest BCUT2D eigenvalue weighted by Crippen LogP contribution is -2.52. The van der Waals surface area contributed by atoms with Gasteiger partial charge in [-0.25, -0.2) is 4.79 Å². The SMILES string of the molecule is CCOC(CN(CCc1ccccc1)C(=O)C(CC(C)C)NC(=O)OCC1c2ccccc2-c2ccccc21)OCC. The normalized spacial score (nSPS) is 13.1. The van der Waals surface area contributed by atoms with E-state index in [1.54, 1.807) is 4.90 Å². The molecule has 0 bridgehead atoms. The Morgan fingerprint density at radius 3 is 1.98 bits per heavy atom. The van der Waals surface area contributed by atoms with Crippen molar-refractivity contribution in [3.05, 3.63) is 95.6 Å². The van der Waals surface area contributed by atoms with Gasteiger partial charge in [-0.3, -0.25) is 4.79 Å². The van der Waals surface area contributed by atoms with Crippen molar-refractivity contribution < 1.29 is 23.8 Å². The van der Waals surface area contributed by atoms with Crippen LogP contribution in [0, 0.1) is 5.92 Å². The predicted molar refractivity (Wildman–Crippen MR) is 165 cm³/mol. The average Bonchev–Trinajstić information content (AvgIpc) is 3.31. The second kappa shape index (κ2) is 15.5. The Kier molecular flexibility index (Phi) is 11.6. The van der Waals surface area contributed by atoms with Crippen LogP contribution in [-0.2, 0) is 25.4 Å². The van der Waals surface area contributed by atoms with Gasteiger partial charge in [-0.2, -0.15) is 0 Å². The molecule has 7 heteroatoms. The van der Waals surface area contributed by atoms with Gasteiger partial charge in [0.15, 0.2) is 6.29 Å². The monoisotopic (exact) mass is 572 g/mol. The first kappa shape index (κ1) is 31.3. The number of nitrogens with one attached hydrogen (secondary N) is 1. The summed E-state index contributed by atoms with van der Waals surface area (Å²) in [7, 11) is 0. The Morgan fingerprint density at radius 1 is 0.833 bits per heavy atom. The summed E-state index contributed by atoms with van der Waals surface area (Å²) >= 11 is 0. The van der Waals surface area contributed by atoms with Gasteiger partial charge in [-0.05, 0) is 60.4 Å². The van der Waals surface area contributed by atoms with E-state index in [0.717, 1.165) is 16.7 Å². The summed E-state index contributed by atoms with van der Waals surface area (Å²) in [5.74, 6) is -0.0427. The minimum atomic E-state index is -0.736. The smallest absolute Gasteiger partial charge is 0.407 e. The van der Waals surface area contributed by atoms with Crippen molar-refractivity contribution in [1.82, 2.24) is 10.2 Å². The van der Waals surface area contributed by atoms with E-state index in [-0.39, 0.29) is 30.9 Å². The van der Waals surface area contributed by atoms with Crippen LogP contribution in [0.1, 0.15) is 56.7 Å². The highest BCUT2D eigenvalue weighted by Crippen LogP contribution is 2.44. The maximum atomic E-state index is 14.0. The molecule has 0 saturated carbocycles. The lowest BCUT2D eigenvalue weighted by Gasteiger charge is -2.31. The Bertz CT molecular complexity index is 1240. The summed E-state index contributed by atoms with van der Waals surface area (Å²) in [6.07, 6.45) is 0.0225. The highest BCUT2D eigenvalue weighted by atomic mass is 16.7. The number of amides is 2. The lowest BCUT2D eigenvalue weighted by atomic mass is 9.98. The molecule has 0 fully saturated rings. The first-order chi connectivity index (χ1) is 20.4. The van der Waals surface area contributed by atoms with Crippen LogP contribution < -0.4 is 5.32 Å². The Hall–Kier alpha value is -3.68. The van der Waals surface area contributed by atoms with E-state index in [9.17, 15) is 9.59 Å². The summed E-state index contributed by atoms with van der Waals surface area (Å²) in [6, 6.07) is 25.8.